The van der Waals surface area contributed by atoms with Gasteiger partial charge in [0.15, 0.2) is 5.78 Å². The minimum absolute atomic E-state index is 0.0484. The first-order valence-corrected chi connectivity index (χ1v) is 14.0. The number of aliphatic imine (C=N–C) groups is 1. The van der Waals surface area contributed by atoms with Crippen molar-refractivity contribution in [3.8, 4) is 0 Å². The Hall–Kier alpha value is -3.97. The number of benzene rings is 3. The van der Waals surface area contributed by atoms with Crippen molar-refractivity contribution in [2.75, 3.05) is 0 Å². The molecule has 38 heavy (non-hydrogen) atoms. The molecule has 0 saturated heterocycles. The fourth-order valence-corrected chi connectivity index (χ4v) is 6.54. The molecule has 3 aromatic carbocycles. The molecule has 6 nitrogen and oxygen atoms in total. The number of aryl methyl sites for hydroxylation is 1. The molecule has 3 aromatic rings. The molecule has 1 heterocycles. The van der Waals surface area contributed by atoms with Gasteiger partial charge in [-0.15, -0.1) is 0 Å². The van der Waals surface area contributed by atoms with Crippen molar-refractivity contribution in [1.82, 2.24) is 0 Å². The summed E-state index contributed by atoms with van der Waals surface area (Å²) in [6.45, 7) is 6.00. The van der Waals surface area contributed by atoms with Crippen LogP contribution in [0.15, 0.2) is 110 Å². The number of carbonyl (C=O) groups excluding carboxylic acids is 1. The van der Waals surface area contributed by atoms with Crippen LogP contribution in [0.3, 0.4) is 0 Å². The monoisotopic (exact) mass is 526 g/mol. The lowest BCUT2D eigenvalue weighted by Gasteiger charge is -2.37. The maximum absolute atomic E-state index is 13.5. The maximum atomic E-state index is 13.5. The molecular weight excluding hydrogens is 496 g/mol. The van der Waals surface area contributed by atoms with Gasteiger partial charge in [-0.25, -0.2) is 13.4 Å². The first kappa shape index (κ1) is 25.7. The molecule has 0 amide bonds. The van der Waals surface area contributed by atoms with Gasteiger partial charge in [-0.3, -0.25) is 4.79 Å². The van der Waals surface area contributed by atoms with Crippen molar-refractivity contribution in [2.24, 2.45) is 16.1 Å². The van der Waals surface area contributed by atoms with Crippen molar-refractivity contribution in [3.05, 3.63) is 112 Å². The van der Waals surface area contributed by atoms with Crippen molar-refractivity contribution in [1.29, 1.82) is 0 Å². The molecule has 1 unspecified atom stereocenters. The number of nitrogens with zero attached hydrogens (tertiary/aromatic N) is 1. The maximum Gasteiger partial charge on any atom is 0.206 e. The Balaban J connectivity index is 1.67. The number of hydrogen-bond acceptors (Lipinski definition) is 6. The summed E-state index contributed by atoms with van der Waals surface area (Å²) in [4.78, 5) is 18.5. The summed E-state index contributed by atoms with van der Waals surface area (Å²) in [5, 5.41) is 11.4. The molecule has 0 radical (unpaired) electrons. The van der Waals surface area contributed by atoms with Crippen LogP contribution >= 0.6 is 0 Å². The van der Waals surface area contributed by atoms with Crippen LogP contribution in [0.2, 0.25) is 0 Å². The number of allylic oxidation sites excluding steroid dienone is 2. The Labute approximate surface area is 223 Å². The third kappa shape index (κ3) is 4.58. The Bertz CT molecular complexity index is 1610. The van der Waals surface area contributed by atoms with Crippen LogP contribution in [0.4, 0.5) is 0 Å². The number of amidine groups is 1. The molecule has 194 valence electrons. The standard InChI is InChI=1S/C31H30N2O4S/c1-19-9-11-21(12-10-19)29(35)28-26(27-24(33-30(28)32)17-31(2,3)18-25(27)34)20-13-15-23(16-14-20)38(36,37)22-7-5-4-6-8-22/h4-16,26,35H,17-18H2,1-3H3,(H2,32,33)/b29-28+. The highest BCUT2D eigenvalue weighted by molar-refractivity contribution is 7.91. The van der Waals surface area contributed by atoms with Crippen molar-refractivity contribution >= 4 is 27.2 Å². The summed E-state index contributed by atoms with van der Waals surface area (Å²) in [5.41, 5.74) is 9.95. The van der Waals surface area contributed by atoms with Crippen LogP contribution < -0.4 is 5.73 Å². The quantitative estimate of drug-likeness (QED) is 0.412. The number of hydrogen-bond donors (Lipinski definition) is 2. The van der Waals surface area contributed by atoms with Gasteiger partial charge in [0.2, 0.25) is 9.84 Å². The molecule has 0 fully saturated rings. The minimum atomic E-state index is -3.71. The molecule has 3 N–H and O–H groups in total. The number of aliphatic hydroxyl groups is 1. The lowest BCUT2D eigenvalue weighted by Crippen LogP contribution is -2.35. The fraction of sp³-hybridized carbons (Fsp3) is 0.226. The Kier molecular flexibility index (Phi) is 6.35. The van der Waals surface area contributed by atoms with Crippen LogP contribution in [-0.2, 0) is 14.6 Å². The second-order valence-corrected chi connectivity index (χ2v) is 12.7. The van der Waals surface area contributed by atoms with Gasteiger partial charge >= 0.3 is 0 Å². The zero-order valence-corrected chi connectivity index (χ0v) is 22.4. The number of nitrogens with two attached hydrogens (primary N) is 1. The van der Waals surface area contributed by atoms with E-state index in [0.29, 0.717) is 40.8 Å². The molecule has 1 aliphatic carbocycles. The van der Waals surface area contributed by atoms with Crippen LogP contribution in [0.1, 0.15) is 49.3 Å². The number of rotatable bonds is 4. The summed E-state index contributed by atoms with van der Waals surface area (Å²) < 4.78 is 26.3. The van der Waals surface area contributed by atoms with E-state index in [0.717, 1.165) is 5.56 Å². The highest BCUT2D eigenvalue weighted by Crippen LogP contribution is 2.48. The lowest BCUT2D eigenvalue weighted by atomic mass is 9.68. The minimum Gasteiger partial charge on any atom is -0.507 e. The predicted octanol–water partition coefficient (Wildman–Crippen LogP) is 5.89. The van der Waals surface area contributed by atoms with E-state index < -0.39 is 15.8 Å². The molecule has 0 spiro atoms. The van der Waals surface area contributed by atoms with Gasteiger partial charge in [-0.2, -0.15) is 0 Å². The molecule has 7 heteroatoms. The largest absolute Gasteiger partial charge is 0.507 e. The van der Waals surface area contributed by atoms with Gasteiger partial charge in [-0.1, -0.05) is 74.0 Å². The van der Waals surface area contributed by atoms with Crippen LogP contribution in [0.5, 0.6) is 0 Å². The van der Waals surface area contributed by atoms with Gasteiger partial charge in [0.25, 0.3) is 0 Å². The van der Waals surface area contributed by atoms with E-state index in [1.807, 2.05) is 32.9 Å². The Morgan fingerprint density at radius 2 is 1.53 bits per heavy atom. The molecule has 0 saturated carbocycles. The van der Waals surface area contributed by atoms with Gasteiger partial charge < -0.3 is 10.8 Å². The average molecular weight is 527 g/mol. The SMILES string of the molecule is Cc1ccc(/C(O)=C2\C(N)=NC3=C(C(=O)CC(C)(C)C3)C2c2ccc(S(=O)(=O)c3ccccc3)cc2)cc1. The zero-order chi connectivity index (χ0) is 27.2. The van der Waals surface area contributed by atoms with E-state index in [1.165, 1.54) is 12.1 Å². The van der Waals surface area contributed by atoms with Crippen LogP contribution in [-0.4, -0.2) is 25.1 Å². The summed E-state index contributed by atoms with van der Waals surface area (Å²) in [7, 11) is -3.71. The zero-order valence-electron chi connectivity index (χ0n) is 21.6. The van der Waals surface area contributed by atoms with Crippen LogP contribution in [0, 0.1) is 12.3 Å². The van der Waals surface area contributed by atoms with E-state index in [-0.39, 0.29) is 32.6 Å². The number of sulfone groups is 1. The third-order valence-electron chi connectivity index (χ3n) is 7.16. The van der Waals surface area contributed by atoms with Gasteiger partial charge in [0, 0.05) is 29.0 Å². The summed E-state index contributed by atoms with van der Waals surface area (Å²) in [6, 6.07) is 22.1. The van der Waals surface area contributed by atoms with Crippen molar-refractivity contribution in [2.45, 2.75) is 49.3 Å². The van der Waals surface area contributed by atoms with Gasteiger partial charge in [0.1, 0.15) is 11.6 Å². The van der Waals surface area contributed by atoms with Crippen LogP contribution in [0.25, 0.3) is 5.76 Å². The first-order chi connectivity index (χ1) is 18.0. The Morgan fingerprint density at radius 3 is 2.16 bits per heavy atom. The summed E-state index contributed by atoms with van der Waals surface area (Å²) in [5.74, 6) is -0.631. The van der Waals surface area contributed by atoms with E-state index in [4.69, 9.17) is 5.73 Å². The lowest BCUT2D eigenvalue weighted by molar-refractivity contribution is -0.118. The predicted molar refractivity (Wildman–Crippen MR) is 148 cm³/mol. The molecule has 0 bridgehead atoms. The average Bonchev–Trinajstić information content (AvgIpc) is 2.88. The second kappa shape index (κ2) is 9.40. The normalized spacial score (nSPS) is 20.6. The molecule has 0 aromatic heterocycles. The first-order valence-electron chi connectivity index (χ1n) is 12.5. The summed E-state index contributed by atoms with van der Waals surface area (Å²) >= 11 is 0. The smallest absolute Gasteiger partial charge is 0.206 e. The molecule has 1 aliphatic heterocycles. The molecule has 1 atom stereocenters. The topological polar surface area (TPSA) is 110 Å². The third-order valence-corrected chi connectivity index (χ3v) is 8.95. The number of carbonyl (C=O) groups is 1. The highest BCUT2D eigenvalue weighted by atomic mass is 32.2. The number of aliphatic hydroxyl groups excluding tert-OH is 1. The molecular formula is C31H30N2O4S. The fourth-order valence-electron chi connectivity index (χ4n) is 5.26. The van der Waals surface area contributed by atoms with E-state index in [2.05, 4.69) is 4.99 Å². The van der Waals surface area contributed by atoms with Gasteiger partial charge in [0.05, 0.1) is 15.5 Å². The van der Waals surface area contributed by atoms with Gasteiger partial charge in [-0.05, 0) is 48.6 Å². The van der Waals surface area contributed by atoms with E-state index in [1.54, 1.807) is 54.6 Å². The second-order valence-electron chi connectivity index (χ2n) is 10.7. The van der Waals surface area contributed by atoms with E-state index >= 15 is 0 Å². The summed E-state index contributed by atoms with van der Waals surface area (Å²) in [6.07, 6.45) is 0.918. The molecule has 2 aliphatic rings. The highest BCUT2D eigenvalue weighted by Gasteiger charge is 2.42. The number of Topliss-reactive ketones (excluding diaryl/α,β-unsaturated/α-hetero) is 1. The van der Waals surface area contributed by atoms with Crippen molar-refractivity contribution < 1.29 is 18.3 Å². The molecule has 5 rings (SSSR count). The van der Waals surface area contributed by atoms with E-state index in [9.17, 15) is 18.3 Å². The van der Waals surface area contributed by atoms with Crippen molar-refractivity contribution in [3.63, 3.8) is 0 Å². The number of ketones is 1. The Morgan fingerprint density at radius 1 is 0.921 bits per heavy atom.